The molecule has 0 spiro atoms. The summed E-state index contributed by atoms with van der Waals surface area (Å²) in [5, 5.41) is 6.47. The molecule has 4 heteroatoms. The van der Waals surface area contributed by atoms with Crippen LogP contribution in [-0.2, 0) is 4.79 Å². The van der Waals surface area contributed by atoms with Gasteiger partial charge < -0.3 is 10.6 Å². The van der Waals surface area contributed by atoms with E-state index in [2.05, 4.69) is 57.1 Å². The summed E-state index contributed by atoms with van der Waals surface area (Å²) in [5.41, 5.74) is 0.0537. The minimum Gasteiger partial charge on any atom is -0.353 e. The first-order chi connectivity index (χ1) is 9.25. The van der Waals surface area contributed by atoms with E-state index in [0.29, 0.717) is 12.1 Å². The minimum absolute atomic E-state index is 0.0530. The van der Waals surface area contributed by atoms with Gasteiger partial charge in [-0.2, -0.15) is 0 Å². The Hall–Kier alpha value is -0.610. The van der Waals surface area contributed by atoms with Crippen molar-refractivity contribution in [1.29, 1.82) is 0 Å². The lowest BCUT2D eigenvalue weighted by atomic mass is 9.77. The number of hydrogen-bond acceptors (Lipinski definition) is 3. The fourth-order valence-corrected chi connectivity index (χ4v) is 3.18. The van der Waals surface area contributed by atoms with Crippen LogP contribution in [0.5, 0.6) is 0 Å². The van der Waals surface area contributed by atoms with Crippen molar-refractivity contribution in [3.05, 3.63) is 0 Å². The molecule has 2 N–H and O–H groups in total. The molecule has 1 heterocycles. The standard InChI is InChI=1S/C16H33N3O/c1-12(2)19(13(3)4)11-10-18-15(20)14-16(5,6)8-7-9-17-14/h12-14,17H,7-11H2,1-6H3,(H,18,20). The van der Waals surface area contributed by atoms with E-state index >= 15 is 0 Å². The fraction of sp³-hybridized carbons (Fsp3) is 0.938. The highest BCUT2D eigenvalue weighted by molar-refractivity contribution is 5.82. The average Bonchev–Trinajstić information content (AvgIpc) is 2.32. The average molecular weight is 283 g/mol. The largest absolute Gasteiger partial charge is 0.353 e. The SMILES string of the molecule is CC(C)N(CCNC(=O)C1NCCCC1(C)C)C(C)C. The van der Waals surface area contributed by atoms with Crippen molar-refractivity contribution < 1.29 is 4.79 Å². The molecule has 0 bridgehead atoms. The van der Waals surface area contributed by atoms with E-state index in [1.807, 2.05) is 0 Å². The van der Waals surface area contributed by atoms with Gasteiger partial charge in [0.05, 0.1) is 6.04 Å². The van der Waals surface area contributed by atoms with E-state index in [1.54, 1.807) is 0 Å². The lowest BCUT2D eigenvalue weighted by Gasteiger charge is -2.38. The molecule has 1 saturated heterocycles. The number of rotatable bonds is 6. The van der Waals surface area contributed by atoms with E-state index in [0.717, 1.165) is 32.5 Å². The number of carbonyl (C=O) groups is 1. The summed E-state index contributed by atoms with van der Waals surface area (Å²) in [6, 6.07) is 0.968. The van der Waals surface area contributed by atoms with Crippen LogP contribution in [0, 0.1) is 5.41 Å². The molecule has 20 heavy (non-hydrogen) atoms. The van der Waals surface area contributed by atoms with Crippen LogP contribution < -0.4 is 10.6 Å². The third-order valence-corrected chi connectivity index (χ3v) is 4.39. The summed E-state index contributed by atoms with van der Waals surface area (Å²) in [6.45, 7) is 15.8. The molecular formula is C16H33N3O. The molecule has 4 nitrogen and oxygen atoms in total. The Labute approximate surface area is 124 Å². The number of carbonyl (C=O) groups excluding carboxylic acids is 1. The highest BCUT2D eigenvalue weighted by Gasteiger charge is 2.36. The van der Waals surface area contributed by atoms with Gasteiger partial charge in [0, 0.05) is 25.2 Å². The van der Waals surface area contributed by atoms with Gasteiger partial charge in [-0.3, -0.25) is 9.69 Å². The Morgan fingerprint density at radius 3 is 2.40 bits per heavy atom. The van der Waals surface area contributed by atoms with Crippen molar-refractivity contribution in [2.75, 3.05) is 19.6 Å². The smallest absolute Gasteiger partial charge is 0.237 e. The van der Waals surface area contributed by atoms with E-state index < -0.39 is 0 Å². The van der Waals surface area contributed by atoms with E-state index in [1.165, 1.54) is 0 Å². The normalized spacial score (nSPS) is 22.6. The van der Waals surface area contributed by atoms with Crippen molar-refractivity contribution in [2.24, 2.45) is 5.41 Å². The highest BCUT2D eigenvalue weighted by Crippen LogP contribution is 2.29. The van der Waals surface area contributed by atoms with Crippen LogP contribution in [0.1, 0.15) is 54.4 Å². The van der Waals surface area contributed by atoms with Crippen LogP contribution in [-0.4, -0.2) is 48.6 Å². The quantitative estimate of drug-likeness (QED) is 0.783. The van der Waals surface area contributed by atoms with Gasteiger partial charge in [0.15, 0.2) is 0 Å². The molecule has 1 aliphatic heterocycles. The molecule has 118 valence electrons. The lowest BCUT2D eigenvalue weighted by molar-refractivity contribution is -0.126. The molecule has 0 aliphatic carbocycles. The van der Waals surface area contributed by atoms with Gasteiger partial charge in [-0.15, -0.1) is 0 Å². The molecule has 0 aromatic heterocycles. The Kier molecular flexibility index (Phi) is 6.46. The second-order valence-electron chi connectivity index (χ2n) is 7.20. The lowest BCUT2D eigenvalue weighted by Crippen LogP contribution is -2.56. The Bertz CT molecular complexity index is 305. The van der Waals surface area contributed by atoms with Gasteiger partial charge in [0.2, 0.25) is 5.91 Å². The Morgan fingerprint density at radius 2 is 1.90 bits per heavy atom. The molecule has 1 atom stereocenters. The van der Waals surface area contributed by atoms with Gasteiger partial charge in [-0.05, 0) is 52.5 Å². The predicted octanol–water partition coefficient (Wildman–Crippen LogP) is 2.00. The molecule has 1 amide bonds. The number of nitrogens with zero attached hydrogens (tertiary/aromatic N) is 1. The summed E-state index contributed by atoms with van der Waals surface area (Å²) >= 11 is 0. The van der Waals surface area contributed by atoms with E-state index in [-0.39, 0.29) is 17.4 Å². The van der Waals surface area contributed by atoms with Gasteiger partial charge in [0.25, 0.3) is 0 Å². The van der Waals surface area contributed by atoms with Crippen LogP contribution in [0.2, 0.25) is 0 Å². The molecular weight excluding hydrogens is 250 g/mol. The zero-order valence-electron chi connectivity index (χ0n) is 14.1. The minimum atomic E-state index is -0.0530. The fourth-order valence-electron chi connectivity index (χ4n) is 3.18. The molecule has 1 fully saturated rings. The number of piperidine rings is 1. The van der Waals surface area contributed by atoms with Crippen LogP contribution in [0.25, 0.3) is 0 Å². The molecule has 1 unspecified atom stereocenters. The van der Waals surface area contributed by atoms with Gasteiger partial charge in [-0.25, -0.2) is 0 Å². The van der Waals surface area contributed by atoms with Crippen molar-refractivity contribution in [3.8, 4) is 0 Å². The maximum absolute atomic E-state index is 12.3. The van der Waals surface area contributed by atoms with E-state index in [9.17, 15) is 4.79 Å². The van der Waals surface area contributed by atoms with E-state index in [4.69, 9.17) is 0 Å². The summed E-state index contributed by atoms with van der Waals surface area (Å²) in [5.74, 6) is 0.155. The van der Waals surface area contributed by atoms with Crippen LogP contribution in [0.3, 0.4) is 0 Å². The molecule has 1 aliphatic rings. The molecule has 0 aromatic rings. The Morgan fingerprint density at radius 1 is 1.30 bits per heavy atom. The molecule has 0 radical (unpaired) electrons. The number of amides is 1. The first-order valence-electron chi connectivity index (χ1n) is 8.02. The van der Waals surface area contributed by atoms with Crippen molar-refractivity contribution >= 4 is 5.91 Å². The first kappa shape index (κ1) is 17.4. The zero-order valence-corrected chi connectivity index (χ0v) is 14.1. The maximum atomic E-state index is 12.3. The topological polar surface area (TPSA) is 44.4 Å². The number of hydrogen-bond donors (Lipinski definition) is 2. The molecule has 0 saturated carbocycles. The molecule has 1 rings (SSSR count). The summed E-state index contributed by atoms with van der Waals surface area (Å²) < 4.78 is 0. The number of nitrogens with one attached hydrogen (secondary N) is 2. The third-order valence-electron chi connectivity index (χ3n) is 4.39. The van der Waals surface area contributed by atoms with Crippen molar-refractivity contribution in [1.82, 2.24) is 15.5 Å². The van der Waals surface area contributed by atoms with Crippen molar-refractivity contribution in [2.45, 2.75) is 72.5 Å². The van der Waals surface area contributed by atoms with Crippen molar-refractivity contribution in [3.63, 3.8) is 0 Å². The maximum Gasteiger partial charge on any atom is 0.237 e. The monoisotopic (exact) mass is 283 g/mol. The van der Waals surface area contributed by atoms with Gasteiger partial charge in [0.1, 0.15) is 0 Å². The van der Waals surface area contributed by atoms with Gasteiger partial charge in [-0.1, -0.05) is 13.8 Å². The second kappa shape index (κ2) is 7.41. The van der Waals surface area contributed by atoms with Crippen LogP contribution in [0.15, 0.2) is 0 Å². The predicted molar refractivity (Wildman–Crippen MR) is 84.8 cm³/mol. The van der Waals surface area contributed by atoms with Crippen LogP contribution >= 0.6 is 0 Å². The zero-order chi connectivity index (χ0) is 15.3. The highest BCUT2D eigenvalue weighted by atomic mass is 16.2. The summed E-state index contributed by atoms with van der Waals surface area (Å²) in [7, 11) is 0. The third kappa shape index (κ3) is 4.74. The second-order valence-corrected chi connectivity index (χ2v) is 7.20. The molecule has 0 aromatic carbocycles. The van der Waals surface area contributed by atoms with Crippen LogP contribution in [0.4, 0.5) is 0 Å². The van der Waals surface area contributed by atoms with Gasteiger partial charge >= 0.3 is 0 Å². The summed E-state index contributed by atoms with van der Waals surface area (Å²) in [6.07, 6.45) is 2.27. The Balaban J connectivity index is 2.43. The first-order valence-corrected chi connectivity index (χ1v) is 8.02. The summed E-state index contributed by atoms with van der Waals surface area (Å²) in [4.78, 5) is 14.7.